The Kier molecular flexibility index (Phi) is 5.89. The lowest BCUT2D eigenvalue weighted by atomic mass is 10.1. The van der Waals surface area contributed by atoms with Crippen LogP contribution >= 0.6 is 11.3 Å². The van der Waals surface area contributed by atoms with Gasteiger partial charge in [-0.15, -0.1) is 0 Å². The van der Waals surface area contributed by atoms with Gasteiger partial charge in [0, 0.05) is 13.1 Å². The number of fused-ring (bicyclic) bond motifs is 1. The minimum atomic E-state index is -0.0741. The van der Waals surface area contributed by atoms with Gasteiger partial charge in [-0.1, -0.05) is 35.6 Å². The van der Waals surface area contributed by atoms with Gasteiger partial charge in [0.05, 0.1) is 33.4 Å². The third-order valence-electron chi connectivity index (χ3n) is 5.31. The molecule has 2 aromatic carbocycles. The van der Waals surface area contributed by atoms with Crippen LogP contribution in [0.3, 0.4) is 0 Å². The van der Waals surface area contributed by atoms with Gasteiger partial charge in [0.15, 0.2) is 5.13 Å². The van der Waals surface area contributed by atoms with Crippen LogP contribution in [0.1, 0.15) is 27.2 Å². The molecule has 1 amide bonds. The molecule has 7 heteroatoms. The quantitative estimate of drug-likeness (QED) is 0.445. The Balaban J connectivity index is 1.74. The maximum Gasteiger partial charge on any atom is 0.263 e. The summed E-state index contributed by atoms with van der Waals surface area (Å²) in [6, 6.07) is 14.1. The van der Waals surface area contributed by atoms with Crippen LogP contribution in [0.2, 0.25) is 0 Å². The van der Waals surface area contributed by atoms with Gasteiger partial charge >= 0.3 is 0 Å². The van der Waals surface area contributed by atoms with Crippen LogP contribution in [0.25, 0.3) is 15.9 Å². The molecule has 0 bridgehead atoms. The van der Waals surface area contributed by atoms with Crippen molar-refractivity contribution in [3.63, 3.8) is 0 Å². The second kappa shape index (κ2) is 8.61. The van der Waals surface area contributed by atoms with Crippen LogP contribution in [0, 0.1) is 20.8 Å². The van der Waals surface area contributed by atoms with E-state index < -0.39 is 0 Å². The number of rotatable bonds is 6. The van der Waals surface area contributed by atoms with E-state index in [0.29, 0.717) is 12.1 Å². The average Bonchev–Trinajstić information content (AvgIpc) is 3.32. The van der Waals surface area contributed by atoms with Crippen molar-refractivity contribution >= 4 is 32.6 Å². The summed E-state index contributed by atoms with van der Waals surface area (Å²) in [4.78, 5) is 22.4. The van der Waals surface area contributed by atoms with Gasteiger partial charge in [-0.3, -0.25) is 9.69 Å². The van der Waals surface area contributed by atoms with Gasteiger partial charge in [-0.05, 0) is 64.2 Å². The van der Waals surface area contributed by atoms with E-state index in [9.17, 15) is 4.79 Å². The molecule has 0 saturated carbocycles. The van der Waals surface area contributed by atoms with Gasteiger partial charge in [0.25, 0.3) is 5.91 Å². The Hall–Kier alpha value is -3.03. The van der Waals surface area contributed by atoms with Gasteiger partial charge < -0.3 is 4.90 Å². The minimum Gasteiger partial charge on any atom is -0.308 e. The lowest BCUT2D eigenvalue weighted by molar-refractivity contribution is 0.0984. The maximum atomic E-state index is 13.7. The largest absolute Gasteiger partial charge is 0.308 e. The third kappa shape index (κ3) is 4.24. The minimum absolute atomic E-state index is 0.0741. The summed E-state index contributed by atoms with van der Waals surface area (Å²) in [7, 11) is 4.01. The van der Waals surface area contributed by atoms with Crippen LogP contribution < -0.4 is 4.90 Å². The fourth-order valence-corrected chi connectivity index (χ4v) is 4.82. The van der Waals surface area contributed by atoms with Crippen LogP contribution in [0.4, 0.5) is 5.13 Å². The first-order chi connectivity index (χ1) is 14.8. The van der Waals surface area contributed by atoms with E-state index in [4.69, 9.17) is 4.98 Å². The van der Waals surface area contributed by atoms with E-state index in [-0.39, 0.29) is 5.91 Å². The number of para-hydroxylation sites is 1. The predicted molar refractivity (Wildman–Crippen MR) is 128 cm³/mol. The summed E-state index contributed by atoms with van der Waals surface area (Å²) >= 11 is 1.57. The fraction of sp³-hybridized carbons (Fsp3) is 0.292. The van der Waals surface area contributed by atoms with E-state index in [1.54, 1.807) is 22.4 Å². The molecular formula is C24H27N5OS. The highest BCUT2D eigenvalue weighted by Crippen LogP contribution is 2.32. The second-order valence-corrected chi connectivity index (χ2v) is 9.09. The average molecular weight is 434 g/mol. The summed E-state index contributed by atoms with van der Waals surface area (Å²) in [6.45, 7) is 7.38. The van der Waals surface area contributed by atoms with Crippen molar-refractivity contribution in [1.29, 1.82) is 0 Å². The molecular weight excluding hydrogens is 406 g/mol. The first-order valence-electron chi connectivity index (χ1n) is 10.3. The van der Waals surface area contributed by atoms with E-state index >= 15 is 0 Å². The number of benzene rings is 2. The van der Waals surface area contributed by atoms with Crippen molar-refractivity contribution in [2.45, 2.75) is 20.8 Å². The molecule has 0 unspecified atom stereocenters. The lowest BCUT2D eigenvalue weighted by Gasteiger charge is -2.21. The molecule has 0 spiro atoms. The molecule has 2 heterocycles. The highest BCUT2D eigenvalue weighted by atomic mass is 32.1. The van der Waals surface area contributed by atoms with Crippen LogP contribution in [-0.4, -0.2) is 52.8 Å². The van der Waals surface area contributed by atoms with E-state index in [0.717, 1.165) is 38.8 Å². The number of aromatic nitrogens is 3. The number of carbonyl (C=O) groups excluding carboxylic acids is 1. The third-order valence-corrected chi connectivity index (χ3v) is 6.33. The number of anilines is 1. The maximum absolute atomic E-state index is 13.7. The summed E-state index contributed by atoms with van der Waals surface area (Å²) in [6.07, 6.45) is 1.66. The Bertz CT molecular complexity index is 1230. The van der Waals surface area contributed by atoms with Gasteiger partial charge in [0.1, 0.15) is 0 Å². The molecule has 0 saturated heterocycles. The topological polar surface area (TPSA) is 54.3 Å². The number of amides is 1. The van der Waals surface area contributed by atoms with Crippen molar-refractivity contribution < 1.29 is 4.79 Å². The molecule has 2 aromatic heterocycles. The van der Waals surface area contributed by atoms with Crippen molar-refractivity contribution in [2.75, 3.05) is 32.1 Å². The van der Waals surface area contributed by atoms with Gasteiger partial charge in [-0.2, -0.15) is 5.10 Å². The molecule has 4 aromatic rings. The molecule has 6 nitrogen and oxygen atoms in total. The number of nitrogens with zero attached hydrogens (tertiary/aromatic N) is 5. The van der Waals surface area contributed by atoms with Crippen molar-refractivity contribution in [3.05, 3.63) is 71.0 Å². The van der Waals surface area contributed by atoms with E-state index in [1.807, 2.05) is 56.0 Å². The number of thiazole rings is 1. The smallest absolute Gasteiger partial charge is 0.263 e. The first kappa shape index (κ1) is 21.2. The number of carbonyl (C=O) groups is 1. The molecule has 0 aliphatic carbocycles. The Morgan fingerprint density at radius 3 is 2.52 bits per heavy atom. The SMILES string of the molecule is Cc1cc(C)c2nc(N(CCN(C)C)C(=O)c3cnn(-c4ccccc4)c3C)sc2c1. The molecule has 0 N–H and O–H groups in total. The number of hydrogen-bond acceptors (Lipinski definition) is 5. The summed E-state index contributed by atoms with van der Waals surface area (Å²) in [5, 5.41) is 5.21. The van der Waals surface area contributed by atoms with E-state index in [2.05, 4.69) is 36.0 Å². The van der Waals surface area contributed by atoms with E-state index in [1.165, 1.54) is 5.56 Å². The standard InChI is InChI=1S/C24H27N5OS/c1-16-13-17(2)22-21(14-16)31-24(26-22)28(12-11-27(4)5)23(30)20-15-25-29(18(20)3)19-9-7-6-8-10-19/h6-10,13-15H,11-12H2,1-5H3. The monoisotopic (exact) mass is 433 g/mol. The predicted octanol–water partition coefficient (Wildman–Crippen LogP) is 4.62. The van der Waals surface area contributed by atoms with Crippen LogP contribution in [0.15, 0.2) is 48.7 Å². The second-order valence-electron chi connectivity index (χ2n) is 8.08. The Morgan fingerprint density at radius 1 is 1.06 bits per heavy atom. The zero-order chi connectivity index (χ0) is 22.1. The summed E-state index contributed by atoms with van der Waals surface area (Å²) < 4.78 is 2.91. The molecule has 0 atom stereocenters. The molecule has 160 valence electrons. The normalized spacial score (nSPS) is 11.4. The lowest BCUT2D eigenvalue weighted by Crippen LogP contribution is -2.37. The highest BCUT2D eigenvalue weighted by Gasteiger charge is 2.25. The zero-order valence-electron chi connectivity index (χ0n) is 18.6. The van der Waals surface area contributed by atoms with Crippen molar-refractivity contribution in [3.8, 4) is 5.69 Å². The summed E-state index contributed by atoms with van der Waals surface area (Å²) in [5.74, 6) is -0.0741. The van der Waals surface area contributed by atoms with Crippen LogP contribution in [0.5, 0.6) is 0 Å². The van der Waals surface area contributed by atoms with Gasteiger partial charge in [0.2, 0.25) is 0 Å². The number of hydrogen-bond donors (Lipinski definition) is 0. The Labute approximate surface area is 186 Å². The highest BCUT2D eigenvalue weighted by molar-refractivity contribution is 7.22. The fourth-order valence-electron chi connectivity index (χ4n) is 3.65. The first-order valence-corrected chi connectivity index (χ1v) is 11.1. The Morgan fingerprint density at radius 2 is 1.81 bits per heavy atom. The molecule has 31 heavy (non-hydrogen) atoms. The van der Waals surface area contributed by atoms with Crippen molar-refractivity contribution in [1.82, 2.24) is 19.7 Å². The number of aryl methyl sites for hydroxylation is 2. The van der Waals surface area contributed by atoms with Crippen LogP contribution in [-0.2, 0) is 0 Å². The zero-order valence-corrected chi connectivity index (χ0v) is 19.4. The van der Waals surface area contributed by atoms with Gasteiger partial charge in [-0.25, -0.2) is 9.67 Å². The molecule has 4 rings (SSSR count). The molecule has 0 fully saturated rings. The van der Waals surface area contributed by atoms with Crippen molar-refractivity contribution in [2.24, 2.45) is 0 Å². The number of likely N-dealkylation sites (N-methyl/N-ethyl adjacent to an activating group) is 1. The summed E-state index contributed by atoms with van der Waals surface area (Å²) in [5.41, 5.74) is 5.64. The molecule has 0 radical (unpaired) electrons. The molecule has 0 aliphatic heterocycles. The molecule has 0 aliphatic rings.